The molecule has 2 aromatic rings. The Hall–Kier alpha value is -3.09. The minimum absolute atomic E-state index is 0.0647. The molecule has 0 N–H and O–H groups in total. The molecule has 2 aromatic carbocycles. The van der Waals surface area contributed by atoms with Crippen LogP contribution >= 0.6 is 0 Å². The largest absolute Gasteiger partial charge is 0.331 e. The summed E-state index contributed by atoms with van der Waals surface area (Å²) in [5.74, 6) is -1.04. The van der Waals surface area contributed by atoms with Crippen LogP contribution in [-0.4, -0.2) is 16.6 Å². The number of hydrogen-bond acceptors (Lipinski definition) is 5. The zero-order valence-electron chi connectivity index (χ0n) is 12.2. The maximum atomic E-state index is 13.0. The Bertz CT molecular complexity index is 757. The maximum absolute atomic E-state index is 13.0. The molecule has 0 atom stereocenters. The van der Waals surface area contributed by atoms with E-state index < -0.39 is 16.7 Å². The molecule has 0 aliphatic heterocycles. The van der Waals surface area contributed by atoms with Gasteiger partial charge in [-0.15, -0.1) is 0 Å². The lowest BCUT2D eigenvalue weighted by molar-refractivity contribution is -0.385. The van der Waals surface area contributed by atoms with Crippen molar-refractivity contribution in [3.05, 3.63) is 75.6 Å². The van der Waals surface area contributed by atoms with Crippen LogP contribution in [0.4, 0.5) is 10.1 Å². The van der Waals surface area contributed by atoms with Crippen LogP contribution < -0.4 is 0 Å². The molecule has 118 valence electrons. The van der Waals surface area contributed by atoms with Gasteiger partial charge in [-0.25, -0.2) is 9.18 Å². The lowest BCUT2D eigenvalue weighted by Gasteiger charge is -2.07. The van der Waals surface area contributed by atoms with Crippen molar-refractivity contribution in [2.75, 3.05) is 0 Å². The lowest BCUT2D eigenvalue weighted by atomic mass is 10.0. The van der Waals surface area contributed by atoms with Gasteiger partial charge in [-0.05, 0) is 17.7 Å². The van der Waals surface area contributed by atoms with Crippen molar-refractivity contribution in [1.82, 2.24) is 0 Å². The topological polar surface area (TPSA) is 81.8 Å². The Morgan fingerprint density at radius 1 is 1.22 bits per heavy atom. The van der Waals surface area contributed by atoms with Crippen molar-refractivity contribution in [2.24, 2.45) is 5.16 Å². The highest BCUT2D eigenvalue weighted by molar-refractivity contribution is 6.02. The summed E-state index contributed by atoms with van der Waals surface area (Å²) in [6.45, 7) is 1.19. The number of para-hydroxylation sites is 1. The number of rotatable bonds is 5. The van der Waals surface area contributed by atoms with E-state index in [9.17, 15) is 19.3 Å². The Labute approximate surface area is 131 Å². The molecule has 0 fully saturated rings. The molecule has 23 heavy (non-hydrogen) atoms. The summed E-state index contributed by atoms with van der Waals surface area (Å²) < 4.78 is 13.0. The molecule has 7 heteroatoms. The van der Waals surface area contributed by atoms with Crippen LogP contribution in [0.15, 0.2) is 53.7 Å². The zero-order valence-corrected chi connectivity index (χ0v) is 12.2. The molecule has 0 heterocycles. The van der Waals surface area contributed by atoms with E-state index in [4.69, 9.17) is 0 Å². The van der Waals surface area contributed by atoms with Gasteiger partial charge in [0.1, 0.15) is 5.82 Å². The lowest BCUT2D eigenvalue weighted by Crippen LogP contribution is -2.09. The highest BCUT2D eigenvalue weighted by Gasteiger charge is 2.16. The normalized spacial score (nSPS) is 11.1. The van der Waals surface area contributed by atoms with Crippen LogP contribution in [0.1, 0.15) is 18.1 Å². The van der Waals surface area contributed by atoms with Crippen molar-refractivity contribution in [3.8, 4) is 0 Å². The van der Waals surface area contributed by atoms with Crippen LogP contribution in [0.25, 0.3) is 0 Å². The summed E-state index contributed by atoms with van der Waals surface area (Å²) in [6, 6.07) is 11.6. The van der Waals surface area contributed by atoms with Gasteiger partial charge in [0.2, 0.25) is 0 Å². The number of nitro benzene ring substituents is 1. The third-order valence-corrected chi connectivity index (χ3v) is 3.01. The Morgan fingerprint density at radius 3 is 2.48 bits per heavy atom. The van der Waals surface area contributed by atoms with Gasteiger partial charge in [-0.1, -0.05) is 35.5 Å². The van der Waals surface area contributed by atoms with Gasteiger partial charge >= 0.3 is 5.97 Å². The highest BCUT2D eigenvalue weighted by Crippen LogP contribution is 2.20. The Morgan fingerprint density at radius 2 is 1.87 bits per heavy atom. The number of nitrogens with zero attached hydrogens (tertiary/aromatic N) is 2. The fraction of sp³-hybridized carbons (Fsp3) is 0.125. The molecule has 0 radical (unpaired) electrons. The van der Waals surface area contributed by atoms with Crippen LogP contribution in [0.5, 0.6) is 0 Å². The quantitative estimate of drug-likeness (QED) is 0.367. The third-order valence-electron chi connectivity index (χ3n) is 3.01. The Kier molecular flexibility index (Phi) is 5.14. The molecule has 0 aliphatic rings. The number of carbonyl (C=O) groups excluding carboxylic acids is 1. The van der Waals surface area contributed by atoms with E-state index in [0.717, 1.165) is 0 Å². The van der Waals surface area contributed by atoms with E-state index in [-0.39, 0.29) is 17.8 Å². The van der Waals surface area contributed by atoms with Gasteiger partial charge in [-0.3, -0.25) is 10.1 Å². The van der Waals surface area contributed by atoms with Crippen LogP contribution in [-0.2, 0) is 16.1 Å². The van der Waals surface area contributed by atoms with Gasteiger partial charge in [0.05, 0.1) is 10.6 Å². The second-order valence-electron chi connectivity index (χ2n) is 4.69. The van der Waals surface area contributed by atoms with E-state index >= 15 is 0 Å². The minimum Gasteiger partial charge on any atom is -0.318 e. The summed E-state index contributed by atoms with van der Waals surface area (Å²) in [5.41, 5.74) is 1.14. The smallest absolute Gasteiger partial charge is 0.318 e. The number of carbonyl (C=O) groups is 1. The van der Waals surface area contributed by atoms with Gasteiger partial charge in [0, 0.05) is 25.0 Å². The summed E-state index contributed by atoms with van der Waals surface area (Å²) >= 11 is 0. The van der Waals surface area contributed by atoms with Crippen molar-refractivity contribution in [1.29, 1.82) is 0 Å². The molecule has 0 aliphatic carbocycles. The predicted molar refractivity (Wildman–Crippen MR) is 81.5 cm³/mol. The predicted octanol–water partition coefficient (Wildman–Crippen LogP) is 3.24. The Balaban J connectivity index is 2.39. The van der Waals surface area contributed by atoms with E-state index in [0.29, 0.717) is 11.1 Å². The first-order valence-electron chi connectivity index (χ1n) is 6.70. The van der Waals surface area contributed by atoms with Gasteiger partial charge < -0.3 is 4.84 Å². The van der Waals surface area contributed by atoms with E-state index in [1.807, 2.05) is 0 Å². The molecule has 0 saturated heterocycles. The summed E-state index contributed by atoms with van der Waals surface area (Å²) in [7, 11) is 0. The van der Waals surface area contributed by atoms with Crippen molar-refractivity contribution in [3.63, 3.8) is 0 Å². The number of nitro groups is 1. The number of oxime groups is 1. The van der Waals surface area contributed by atoms with E-state index in [1.54, 1.807) is 18.2 Å². The second kappa shape index (κ2) is 7.26. The standard InChI is InChI=1S/C16H13FN2O4/c1-11(20)23-18-15(12-6-8-14(17)9-7-12)10-13-4-2-3-5-16(13)19(21)22/h2-9H,10H2,1H3/b18-15+. The molecule has 6 nitrogen and oxygen atoms in total. The number of benzene rings is 2. The summed E-state index contributed by atoms with van der Waals surface area (Å²) in [5, 5.41) is 14.8. The minimum atomic E-state index is -0.618. The van der Waals surface area contributed by atoms with Crippen molar-refractivity contribution >= 4 is 17.4 Å². The second-order valence-corrected chi connectivity index (χ2v) is 4.69. The third kappa shape index (κ3) is 4.44. The molecule has 0 amide bonds. The van der Waals surface area contributed by atoms with Gasteiger partial charge in [0.25, 0.3) is 5.69 Å². The van der Waals surface area contributed by atoms with Crippen LogP contribution in [0.3, 0.4) is 0 Å². The first-order valence-corrected chi connectivity index (χ1v) is 6.70. The van der Waals surface area contributed by atoms with Crippen LogP contribution in [0.2, 0.25) is 0 Å². The molecular formula is C16H13FN2O4. The average Bonchev–Trinajstić information content (AvgIpc) is 2.52. The molecule has 0 saturated carbocycles. The average molecular weight is 316 g/mol. The maximum Gasteiger partial charge on any atom is 0.331 e. The first kappa shape index (κ1) is 16.3. The van der Waals surface area contributed by atoms with Crippen LogP contribution in [0, 0.1) is 15.9 Å². The zero-order chi connectivity index (χ0) is 16.8. The summed E-state index contributed by atoms with van der Waals surface area (Å²) in [4.78, 5) is 26.2. The number of halogens is 1. The molecule has 0 bridgehead atoms. The van der Waals surface area contributed by atoms with Crippen molar-refractivity contribution in [2.45, 2.75) is 13.3 Å². The summed E-state index contributed by atoms with van der Waals surface area (Å²) in [6.07, 6.45) is 0.0655. The molecule has 0 aromatic heterocycles. The SMILES string of the molecule is CC(=O)O/N=C(\Cc1ccccc1[N+](=O)[O-])c1ccc(F)cc1. The molecular weight excluding hydrogens is 303 g/mol. The molecule has 0 spiro atoms. The van der Waals surface area contributed by atoms with Crippen molar-refractivity contribution < 1.29 is 18.9 Å². The van der Waals surface area contributed by atoms with E-state index in [1.165, 1.54) is 37.3 Å². The van der Waals surface area contributed by atoms with Gasteiger partial charge in [-0.2, -0.15) is 0 Å². The first-order chi connectivity index (χ1) is 11.0. The molecule has 0 unspecified atom stereocenters. The molecule has 2 rings (SSSR count). The fourth-order valence-corrected chi connectivity index (χ4v) is 1.97. The van der Waals surface area contributed by atoms with Gasteiger partial charge in [0.15, 0.2) is 0 Å². The highest BCUT2D eigenvalue weighted by atomic mass is 19.1. The van der Waals surface area contributed by atoms with E-state index in [2.05, 4.69) is 9.99 Å². The number of hydrogen-bond donors (Lipinski definition) is 0. The monoisotopic (exact) mass is 316 g/mol. The fourth-order valence-electron chi connectivity index (χ4n) is 1.97.